The highest BCUT2D eigenvalue weighted by Crippen LogP contribution is 2.54. The van der Waals surface area contributed by atoms with Gasteiger partial charge in [0.2, 0.25) is 6.71 Å². The minimum Gasteiger partial charge on any atom is -0.378 e. The van der Waals surface area contributed by atoms with Gasteiger partial charge in [-0.25, -0.2) is 0 Å². The third-order valence-corrected chi connectivity index (χ3v) is 21.3. The van der Waals surface area contributed by atoms with Crippen molar-refractivity contribution in [1.82, 2.24) is 0 Å². The van der Waals surface area contributed by atoms with Gasteiger partial charge < -0.3 is 15.1 Å². The quantitative estimate of drug-likeness (QED) is 0.133. The van der Waals surface area contributed by atoms with E-state index in [1.165, 1.54) is 91.1 Å². The van der Waals surface area contributed by atoms with Crippen molar-refractivity contribution in [2.45, 2.75) is 68.5 Å². The first kappa shape index (κ1) is 40.3. The fraction of sp³-hybridized carbons (Fsp3) is 0.214. The third kappa shape index (κ3) is 6.36. The summed E-state index contributed by atoms with van der Waals surface area (Å²) in [6.07, 6.45) is 0. The SMILES string of the molecule is CN(C)c1ccc2c(c1)C1Nc3cc([Si](c4ccccc4)(c4ccccc4)c4ccccc4)cc4c3B(c3sc5ccc(C(C)(C)C)cc5c3N4c3ccc(C(C)(C)C)cc3)C1S2. The van der Waals surface area contributed by atoms with E-state index in [2.05, 4.69) is 246 Å². The van der Waals surface area contributed by atoms with Crippen LogP contribution in [0.2, 0.25) is 0 Å². The minimum absolute atomic E-state index is 0.00825. The molecule has 3 nitrogen and oxygen atoms in total. The second-order valence-corrected chi connectivity index (χ2v) is 26.1. The van der Waals surface area contributed by atoms with Crippen molar-refractivity contribution in [3.63, 3.8) is 0 Å². The number of benzene rings is 7. The molecule has 0 radical (unpaired) electrons. The van der Waals surface area contributed by atoms with Crippen LogP contribution >= 0.6 is 23.1 Å². The molecule has 0 spiro atoms. The molecule has 4 heterocycles. The zero-order valence-electron chi connectivity index (χ0n) is 37.5. The van der Waals surface area contributed by atoms with Crippen molar-refractivity contribution < 1.29 is 0 Å². The molecule has 63 heavy (non-hydrogen) atoms. The Morgan fingerprint density at radius 3 is 1.78 bits per heavy atom. The van der Waals surface area contributed by atoms with Gasteiger partial charge in [-0.15, -0.1) is 23.1 Å². The predicted molar refractivity (Wildman–Crippen MR) is 279 cm³/mol. The molecule has 8 aromatic rings. The highest BCUT2D eigenvalue weighted by atomic mass is 32.2. The maximum absolute atomic E-state index is 4.34. The smallest absolute Gasteiger partial charge is 0.246 e. The van der Waals surface area contributed by atoms with Gasteiger partial charge in [0.1, 0.15) is 0 Å². The molecule has 0 bridgehead atoms. The second kappa shape index (κ2) is 14.8. The number of hydrogen-bond donors (Lipinski definition) is 1. The molecule has 2 unspecified atom stereocenters. The maximum Gasteiger partial charge on any atom is 0.246 e. The number of thiophene rings is 1. The van der Waals surface area contributed by atoms with Crippen molar-refractivity contribution in [2.24, 2.45) is 0 Å². The average molecular weight is 872 g/mol. The Balaban J connectivity index is 1.27. The normalized spacial score (nSPS) is 16.6. The lowest BCUT2D eigenvalue weighted by Crippen LogP contribution is -2.75. The topological polar surface area (TPSA) is 18.5 Å². The van der Waals surface area contributed by atoms with Crippen LogP contribution in [-0.2, 0) is 10.8 Å². The Morgan fingerprint density at radius 1 is 0.619 bits per heavy atom. The number of rotatable bonds is 6. The first-order chi connectivity index (χ1) is 30.3. The Bertz CT molecular complexity index is 2930. The van der Waals surface area contributed by atoms with Crippen molar-refractivity contribution in [1.29, 1.82) is 0 Å². The lowest BCUT2D eigenvalue weighted by Gasteiger charge is -2.44. The molecular weight excluding hydrogens is 818 g/mol. The molecule has 3 aliphatic rings. The molecule has 11 rings (SSSR count). The Kier molecular flexibility index (Phi) is 9.47. The molecule has 0 aliphatic carbocycles. The molecule has 7 heteroatoms. The second-order valence-electron chi connectivity index (χ2n) is 20.0. The summed E-state index contributed by atoms with van der Waals surface area (Å²) >= 11 is 4.10. The first-order valence-corrected chi connectivity index (χ1v) is 26.1. The zero-order valence-corrected chi connectivity index (χ0v) is 40.2. The summed E-state index contributed by atoms with van der Waals surface area (Å²) in [5, 5.41) is 11.5. The molecule has 7 aromatic carbocycles. The molecule has 0 fully saturated rings. The van der Waals surface area contributed by atoms with E-state index in [-0.39, 0.29) is 28.7 Å². The molecular formula is C56H54BN3S2Si. The zero-order chi connectivity index (χ0) is 43.4. The van der Waals surface area contributed by atoms with E-state index in [1.807, 2.05) is 11.3 Å². The summed E-state index contributed by atoms with van der Waals surface area (Å²) in [7, 11) is 1.38. The van der Waals surface area contributed by atoms with Gasteiger partial charge in [-0.3, -0.25) is 0 Å². The monoisotopic (exact) mass is 871 g/mol. The van der Waals surface area contributed by atoms with Crippen LogP contribution in [0.3, 0.4) is 0 Å². The highest BCUT2D eigenvalue weighted by molar-refractivity contribution is 8.02. The summed E-state index contributed by atoms with van der Waals surface area (Å²) in [5.74, 6) is 0. The van der Waals surface area contributed by atoms with E-state index in [0.717, 1.165) is 0 Å². The summed E-state index contributed by atoms with van der Waals surface area (Å²) in [5.41, 5.74) is 11.9. The van der Waals surface area contributed by atoms with Crippen LogP contribution in [-0.4, -0.2) is 34.0 Å². The van der Waals surface area contributed by atoms with Crippen LogP contribution in [0.4, 0.5) is 28.4 Å². The highest BCUT2D eigenvalue weighted by Gasteiger charge is 2.53. The van der Waals surface area contributed by atoms with Crippen LogP contribution < -0.4 is 46.1 Å². The van der Waals surface area contributed by atoms with Crippen LogP contribution in [0.25, 0.3) is 10.1 Å². The molecule has 3 aliphatic heterocycles. The molecule has 0 amide bonds. The van der Waals surface area contributed by atoms with E-state index >= 15 is 0 Å². The standard InChI is InChI=1S/C56H54BN3S2Si/c1-55(2,3)36-24-27-38(28-25-36)60-47-35-43(63(40-18-12-9-13-19-40,41-20-14-10-15-21-41)42-22-16-11-17-23-42)34-46-50(47)57(53-51(58-46)44-33-39(59(7)8)29-31-48(44)61-53)54-52(60)45-32-37(56(4,5)6)26-30-49(45)62-54/h9-35,51,53,58H,1-8H3. The lowest BCUT2D eigenvalue weighted by atomic mass is 9.36. The van der Waals surface area contributed by atoms with Crippen molar-refractivity contribution in [2.75, 3.05) is 29.2 Å². The Labute approximate surface area is 383 Å². The van der Waals surface area contributed by atoms with Gasteiger partial charge >= 0.3 is 0 Å². The first-order valence-electron chi connectivity index (χ1n) is 22.4. The van der Waals surface area contributed by atoms with Crippen LogP contribution in [0.5, 0.6) is 0 Å². The van der Waals surface area contributed by atoms with Gasteiger partial charge in [0.25, 0.3) is 0 Å². The van der Waals surface area contributed by atoms with Gasteiger partial charge in [-0.1, -0.05) is 151 Å². The summed E-state index contributed by atoms with van der Waals surface area (Å²) in [6.45, 7) is 14.2. The van der Waals surface area contributed by atoms with E-state index in [9.17, 15) is 0 Å². The fourth-order valence-corrected chi connectivity index (χ4v) is 18.4. The maximum atomic E-state index is 4.34. The fourth-order valence-electron chi connectivity index (χ4n) is 10.6. The number of thioether (sulfide) groups is 1. The van der Waals surface area contributed by atoms with E-state index in [1.54, 1.807) is 0 Å². The van der Waals surface area contributed by atoms with Gasteiger partial charge in [-0.05, 0) is 108 Å². The van der Waals surface area contributed by atoms with Gasteiger partial charge in [0.05, 0.1) is 11.7 Å². The average Bonchev–Trinajstić information content (AvgIpc) is 3.85. The minimum atomic E-state index is -2.94. The van der Waals surface area contributed by atoms with E-state index < -0.39 is 8.07 Å². The van der Waals surface area contributed by atoms with Gasteiger partial charge in [-0.2, -0.15) is 0 Å². The number of nitrogens with zero attached hydrogens (tertiary/aromatic N) is 2. The number of fused-ring (bicyclic) bond motifs is 8. The van der Waals surface area contributed by atoms with Crippen molar-refractivity contribution in [3.8, 4) is 0 Å². The van der Waals surface area contributed by atoms with E-state index in [0.29, 0.717) is 0 Å². The lowest BCUT2D eigenvalue weighted by molar-refractivity contribution is 0.590. The number of hydrogen-bond acceptors (Lipinski definition) is 5. The van der Waals surface area contributed by atoms with Gasteiger partial charge in [0, 0.05) is 61.8 Å². The molecule has 1 N–H and O–H groups in total. The molecule has 0 saturated carbocycles. The van der Waals surface area contributed by atoms with Crippen molar-refractivity contribution >= 4 is 107 Å². The Hall–Kier alpha value is -5.47. The molecule has 0 saturated heterocycles. The number of anilines is 5. The predicted octanol–water partition coefficient (Wildman–Crippen LogP) is 10.5. The third-order valence-electron chi connectivity index (χ3n) is 13.9. The van der Waals surface area contributed by atoms with Gasteiger partial charge in [0.15, 0.2) is 8.07 Å². The molecule has 312 valence electrons. The number of nitrogens with one attached hydrogen (secondary N) is 1. The summed E-state index contributed by atoms with van der Waals surface area (Å²) < 4.78 is 2.82. The molecule has 1 aromatic heterocycles. The van der Waals surface area contributed by atoms with Crippen LogP contribution in [0, 0.1) is 0 Å². The Morgan fingerprint density at radius 2 is 1.21 bits per heavy atom. The molecule has 2 atom stereocenters. The van der Waals surface area contributed by atoms with Crippen molar-refractivity contribution in [3.05, 3.63) is 180 Å². The van der Waals surface area contributed by atoms with E-state index in [4.69, 9.17) is 0 Å². The summed E-state index contributed by atoms with van der Waals surface area (Å²) in [6, 6.07) is 63.5. The van der Waals surface area contributed by atoms with Crippen LogP contribution in [0.1, 0.15) is 64.3 Å². The summed E-state index contributed by atoms with van der Waals surface area (Å²) in [4.78, 5) is 6.30. The van der Waals surface area contributed by atoms with Crippen LogP contribution in [0.15, 0.2) is 169 Å². The largest absolute Gasteiger partial charge is 0.378 e.